The van der Waals surface area contributed by atoms with Crippen LogP contribution in [0, 0.1) is 0 Å². The number of hydrogen-bond donors (Lipinski definition) is 3. The Labute approximate surface area is 133 Å². The summed E-state index contributed by atoms with van der Waals surface area (Å²) in [5, 5.41) is 23.2. The van der Waals surface area contributed by atoms with E-state index in [1.165, 1.54) is 5.56 Å². The van der Waals surface area contributed by atoms with E-state index in [1.54, 1.807) is 0 Å². The molecule has 1 atom stereocenters. The Bertz CT molecular complexity index is 744. The highest BCUT2D eigenvalue weighted by molar-refractivity contribution is 5.54. The molecule has 8 nitrogen and oxygen atoms in total. The maximum atomic E-state index is 9.75. The number of aliphatic hydroxyl groups excluding tert-OH is 2. The molecule has 23 heavy (non-hydrogen) atoms. The van der Waals surface area contributed by atoms with Gasteiger partial charge in [-0.3, -0.25) is 4.68 Å². The minimum absolute atomic E-state index is 0.323. The summed E-state index contributed by atoms with van der Waals surface area (Å²) in [4.78, 5) is 11.0. The number of aryl methyl sites for hydroxylation is 1. The van der Waals surface area contributed by atoms with Gasteiger partial charge in [-0.2, -0.15) is 10.1 Å². The predicted octanol–water partition coefficient (Wildman–Crippen LogP) is -0.210. The first kappa shape index (κ1) is 14.4. The zero-order valence-corrected chi connectivity index (χ0v) is 12.8. The fraction of sp³-hybridized carbons (Fsp3) is 0.533. The van der Waals surface area contributed by atoms with Gasteiger partial charge in [0.15, 0.2) is 0 Å². The van der Waals surface area contributed by atoms with E-state index in [0.717, 1.165) is 43.0 Å². The third-order valence-electron chi connectivity index (χ3n) is 4.56. The van der Waals surface area contributed by atoms with Crippen LogP contribution in [0.25, 0.3) is 0 Å². The maximum absolute atomic E-state index is 9.75. The second-order valence-corrected chi connectivity index (χ2v) is 6.09. The van der Waals surface area contributed by atoms with Gasteiger partial charge in [0.1, 0.15) is 11.9 Å². The van der Waals surface area contributed by atoms with Crippen molar-refractivity contribution in [3.8, 4) is 0 Å². The van der Waals surface area contributed by atoms with E-state index >= 15 is 0 Å². The molecule has 2 aromatic heterocycles. The van der Waals surface area contributed by atoms with Crippen LogP contribution in [0.15, 0.2) is 6.07 Å². The van der Waals surface area contributed by atoms with Gasteiger partial charge in [-0.15, -0.1) is 0 Å². The van der Waals surface area contributed by atoms with Crippen LogP contribution in [0.4, 0.5) is 11.8 Å². The average Bonchev–Trinajstić information content (AvgIpc) is 3.18. The molecule has 1 unspecified atom stereocenters. The zero-order chi connectivity index (χ0) is 16.0. The Balaban J connectivity index is 1.65. The number of aromatic nitrogens is 4. The fourth-order valence-electron chi connectivity index (χ4n) is 3.42. The van der Waals surface area contributed by atoms with Gasteiger partial charge in [-0.1, -0.05) is 0 Å². The van der Waals surface area contributed by atoms with Crippen LogP contribution in [0.3, 0.4) is 0 Å². The number of aliphatic hydroxyl groups is 2. The third-order valence-corrected chi connectivity index (χ3v) is 4.56. The topological polar surface area (TPSA) is 113 Å². The van der Waals surface area contributed by atoms with Crippen LogP contribution < -0.4 is 10.6 Å². The number of nitrogens with two attached hydrogens (primary N) is 1. The van der Waals surface area contributed by atoms with Crippen molar-refractivity contribution in [1.29, 1.82) is 0 Å². The van der Waals surface area contributed by atoms with Gasteiger partial charge in [0.05, 0.1) is 36.8 Å². The molecule has 0 bridgehead atoms. The largest absolute Gasteiger partial charge is 0.393 e. The normalized spacial score (nSPS) is 17.9. The first-order valence-electron chi connectivity index (χ1n) is 7.91. The lowest BCUT2D eigenvalue weighted by atomic mass is 10.2. The molecule has 0 radical (unpaired) electrons. The third kappa shape index (κ3) is 2.43. The van der Waals surface area contributed by atoms with Crippen molar-refractivity contribution in [1.82, 2.24) is 19.7 Å². The molecule has 2 aliphatic rings. The van der Waals surface area contributed by atoms with E-state index in [1.807, 2.05) is 10.7 Å². The van der Waals surface area contributed by atoms with Gasteiger partial charge in [0.25, 0.3) is 0 Å². The molecule has 0 spiro atoms. The van der Waals surface area contributed by atoms with E-state index in [9.17, 15) is 5.11 Å². The van der Waals surface area contributed by atoms with Gasteiger partial charge in [0.2, 0.25) is 5.95 Å². The molecular weight excluding hydrogens is 296 g/mol. The van der Waals surface area contributed by atoms with Crippen molar-refractivity contribution in [3.05, 3.63) is 28.7 Å². The summed E-state index contributed by atoms with van der Waals surface area (Å²) in [6, 6.07) is 1.85. The quantitative estimate of drug-likeness (QED) is 0.718. The molecule has 0 saturated heterocycles. The summed E-state index contributed by atoms with van der Waals surface area (Å²) in [5.74, 6) is 1.26. The van der Waals surface area contributed by atoms with Crippen molar-refractivity contribution in [3.63, 3.8) is 0 Å². The second-order valence-electron chi connectivity index (χ2n) is 6.09. The Morgan fingerprint density at radius 2 is 2.13 bits per heavy atom. The molecule has 3 heterocycles. The molecule has 8 heteroatoms. The highest BCUT2D eigenvalue weighted by Gasteiger charge is 2.26. The lowest BCUT2D eigenvalue weighted by Gasteiger charge is -2.30. The highest BCUT2D eigenvalue weighted by atomic mass is 16.3. The number of rotatable bonds is 3. The Kier molecular flexibility index (Phi) is 3.42. The molecule has 1 aliphatic heterocycles. The molecule has 0 aromatic carbocycles. The Morgan fingerprint density at radius 3 is 2.96 bits per heavy atom. The first-order chi connectivity index (χ1) is 11.2. The summed E-state index contributed by atoms with van der Waals surface area (Å²) in [7, 11) is 0. The smallest absolute Gasteiger partial charge is 0.222 e. The molecule has 1 aliphatic carbocycles. The van der Waals surface area contributed by atoms with Gasteiger partial charge in [0, 0.05) is 12.1 Å². The van der Waals surface area contributed by atoms with Crippen LogP contribution in [0.1, 0.15) is 35.2 Å². The predicted molar refractivity (Wildman–Crippen MR) is 83.8 cm³/mol. The van der Waals surface area contributed by atoms with E-state index in [-0.39, 0.29) is 6.61 Å². The number of nitrogens with zero attached hydrogens (tertiary/aromatic N) is 5. The van der Waals surface area contributed by atoms with Gasteiger partial charge in [-0.05, 0) is 25.3 Å². The van der Waals surface area contributed by atoms with Crippen LogP contribution >= 0.6 is 0 Å². The first-order valence-corrected chi connectivity index (χ1v) is 7.91. The fourth-order valence-corrected chi connectivity index (χ4v) is 3.42. The summed E-state index contributed by atoms with van der Waals surface area (Å²) in [6.45, 7) is 1.84. The van der Waals surface area contributed by atoms with Crippen LogP contribution in [0.5, 0.6) is 0 Å². The van der Waals surface area contributed by atoms with Gasteiger partial charge in [-0.25, -0.2) is 4.98 Å². The number of fused-ring (bicyclic) bond motifs is 2. The number of nitrogen functional groups attached to an aromatic ring is 1. The van der Waals surface area contributed by atoms with Crippen molar-refractivity contribution in [2.24, 2.45) is 0 Å². The van der Waals surface area contributed by atoms with Crippen molar-refractivity contribution in [2.75, 3.05) is 23.8 Å². The molecule has 4 rings (SSSR count). The molecule has 2 aromatic rings. The van der Waals surface area contributed by atoms with Crippen molar-refractivity contribution < 1.29 is 10.2 Å². The monoisotopic (exact) mass is 316 g/mol. The van der Waals surface area contributed by atoms with Crippen LogP contribution in [0.2, 0.25) is 0 Å². The Morgan fingerprint density at radius 1 is 1.26 bits per heavy atom. The summed E-state index contributed by atoms with van der Waals surface area (Å²) in [6.07, 6.45) is 2.13. The molecule has 122 valence electrons. The molecule has 4 N–H and O–H groups in total. The highest BCUT2D eigenvalue weighted by Crippen LogP contribution is 2.31. The average molecular weight is 316 g/mol. The summed E-state index contributed by atoms with van der Waals surface area (Å²) >= 11 is 0. The van der Waals surface area contributed by atoms with Gasteiger partial charge < -0.3 is 20.8 Å². The van der Waals surface area contributed by atoms with E-state index < -0.39 is 6.10 Å². The summed E-state index contributed by atoms with van der Waals surface area (Å²) in [5.41, 5.74) is 9.66. The number of anilines is 2. The van der Waals surface area contributed by atoms with Crippen LogP contribution in [-0.4, -0.2) is 43.1 Å². The lowest BCUT2D eigenvalue weighted by molar-refractivity contribution is 0.0916. The molecule has 0 amide bonds. The Hall–Kier alpha value is -2.19. The van der Waals surface area contributed by atoms with Crippen molar-refractivity contribution in [2.45, 2.75) is 38.5 Å². The summed E-state index contributed by atoms with van der Waals surface area (Å²) < 4.78 is 1.88. The number of hydrogen-bond acceptors (Lipinski definition) is 7. The van der Waals surface area contributed by atoms with E-state index in [4.69, 9.17) is 10.8 Å². The minimum Gasteiger partial charge on any atom is -0.393 e. The molecule has 0 fully saturated rings. The SMILES string of the molecule is Nc1nc2c(c(N3CCn4nc(C(O)CO)cc4C3)n1)CCC2. The zero-order valence-electron chi connectivity index (χ0n) is 12.8. The van der Waals surface area contributed by atoms with E-state index in [2.05, 4.69) is 20.0 Å². The second kappa shape index (κ2) is 5.47. The van der Waals surface area contributed by atoms with Crippen molar-refractivity contribution >= 4 is 11.8 Å². The minimum atomic E-state index is -0.930. The van der Waals surface area contributed by atoms with Gasteiger partial charge >= 0.3 is 0 Å². The molecular formula is C15H20N6O2. The lowest BCUT2D eigenvalue weighted by Crippen LogP contribution is -2.35. The standard InChI is InChI=1S/C15H20N6O2/c16-15-17-11-3-1-2-10(11)14(18-15)20-4-5-21-9(7-20)6-12(19-21)13(23)8-22/h6,13,22-23H,1-5,7-8H2,(H2,16,17,18). The van der Waals surface area contributed by atoms with Crippen LogP contribution in [-0.2, 0) is 25.9 Å². The maximum Gasteiger partial charge on any atom is 0.222 e. The van der Waals surface area contributed by atoms with E-state index in [0.29, 0.717) is 24.7 Å². The molecule has 0 saturated carbocycles.